The molecule has 17 heavy (non-hydrogen) atoms. The Morgan fingerprint density at radius 1 is 1.12 bits per heavy atom. The van der Waals surface area contributed by atoms with E-state index in [4.69, 9.17) is 5.73 Å². The number of benzene rings is 1. The first kappa shape index (κ1) is 10.3. The second-order valence-corrected chi connectivity index (χ2v) is 4.41. The lowest BCUT2D eigenvalue weighted by molar-refractivity contribution is 1.01. The second kappa shape index (κ2) is 3.85. The molecular formula is C12H10N4S. The van der Waals surface area contributed by atoms with Crippen LogP contribution in [0.15, 0.2) is 35.6 Å². The molecule has 3 aromatic rings. The third-order valence-corrected chi connectivity index (χ3v) is 3.19. The highest BCUT2D eigenvalue weighted by atomic mass is 32.2. The molecule has 4 nitrogen and oxygen atoms in total. The first-order valence-corrected chi connectivity index (χ1v) is 6.37. The summed E-state index contributed by atoms with van der Waals surface area (Å²) in [6.07, 6.45) is 3.75. The predicted octanol–water partition coefficient (Wildman–Crippen LogP) is 2.48. The number of nitrogens with two attached hydrogens (primary N) is 1. The lowest BCUT2D eigenvalue weighted by Gasteiger charge is -2.05. The molecule has 3 rings (SSSR count). The fourth-order valence-electron chi connectivity index (χ4n) is 1.84. The minimum absolute atomic E-state index is 0.455. The quantitative estimate of drug-likeness (QED) is 0.403. The Morgan fingerprint density at radius 2 is 1.94 bits per heavy atom. The van der Waals surface area contributed by atoms with Crippen LogP contribution < -0.4 is 5.73 Å². The van der Waals surface area contributed by atoms with Gasteiger partial charge in [-0.2, -0.15) is 0 Å². The Labute approximate surface area is 102 Å². The van der Waals surface area contributed by atoms with Gasteiger partial charge in [0, 0.05) is 17.0 Å². The van der Waals surface area contributed by atoms with Crippen molar-refractivity contribution in [2.75, 3.05) is 12.0 Å². The molecule has 0 spiro atoms. The van der Waals surface area contributed by atoms with Gasteiger partial charge in [0.25, 0.3) is 0 Å². The molecule has 5 heteroatoms. The Balaban J connectivity index is 2.49. The van der Waals surface area contributed by atoms with Gasteiger partial charge in [-0.3, -0.25) is 0 Å². The van der Waals surface area contributed by atoms with Crippen molar-refractivity contribution in [2.45, 2.75) is 5.16 Å². The van der Waals surface area contributed by atoms with Crippen LogP contribution in [0.4, 0.5) is 5.82 Å². The lowest BCUT2D eigenvalue weighted by atomic mass is 10.1. The molecule has 0 bridgehead atoms. The van der Waals surface area contributed by atoms with Crippen molar-refractivity contribution in [2.24, 2.45) is 0 Å². The third kappa shape index (κ3) is 1.59. The van der Waals surface area contributed by atoms with Crippen molar-refractivity contribution in [3.8, 4) is 0 Å². The molecule has 2 heterocycles. The minimum atomic E-state index is 0.455. The Bertz CT molecular complexity index is 711. The van der Waals surface area contributed by atoms with Gasteiger partial charge in [0.1, 0.15) is 5.52 Å². The van der Waals surface area contributed by atoms with Crippen molar-refractivity contribution in [1.82, 2.24) is 15.0 Å². The molecule has 2 aromatic heterocycles. The van der Waals surface area contributed by atoms with Gasteiger partial charge >= 0.3 is 0 Å². The number of hydrogen-bond donors (Lipinski definition) is 1. The summed E-state index contributed by atoms with van der Waals surface area (Å²) in [7, 11) is 0. The number of para-hydroxylation sites is 1. The average Bonchev–Trinajstić information content (AvgIpc) is 2.38. The summed E-state index contributed by atoms with van der Waals surface area (Å²) < 4.78 is 0. The largest absolute Gasteiger partial charge is 0.382 e. The van der Waals surface area contributed by atoms with E-state index in [1.165, 1.54) is 11.8 Å². The highest BCUT2D eigenvalue weighted by molar-refractivity contribution is 7.98. The summed E-state index contributed by atoms with van der Waals surface area (Å²) in [5.41, 5.74) is 7.53. The van der Waals surface area contributed by atoms with Crippen LogP contribution in [0.5, 0.6) is 0 Å². The van der Waals surface area contributed by atoms with Crippen molar-refractivity contribution in [1.29, 1.82) is 0 Å². The number of aromatic nitrogens is 3. The van der Waals surface area contributed by atoms with Crippen LogP contribution >= 0.6 is 11.8 Å². The highest BCUT2D eigenvalue weighted by Gasteiger charge is 2.08. The zero-order chi connectivity index (χ0) is 11.8. The van der Waals surface area contributed by atoms with Crippen LogP contribution in [0.3, 0.4) is 0 Å². The number of nitrogens with zero attached hydrogens (tertiary/aromatic N) is 3. The molecule has 0 radical (unpaired) electrons. The van der Waals surface area contributed by atoms with Crippen LogP contribution in [0.2, 0.25) is 0 Å². The highest BCUT2D eigenvalue weighted by Crippen LogP contribution is 2.26. The number of pyridine rings is 1. The number of fused-ring (bicyclic) bond motifs is 3. The molecule has 0 saturated heterocycles. The molecule has 1 aromatic carbocycles. The van der Waals surface area contributed by atoms with E-state index in [0.717, 1.165) is 21.8 Å². The molecule has 0 aliphatic heterocycles. The van der Waals surface area contributed by atoms with Crippen LogP contribution in [0.25, 0.3) is 21.8 Å². The van der Waals surface area contributed by atoms with E-state index in [2.05, 4.69) is 15.0 Å². The van der Waals surface area contributed by atoms with Gasteiger partial charge in [0.2, 0.25) is 0 Å². The number of anilines is 1. The standard InChI is InChI=1S/C12H10N4S/c1-17-12-14-6-8-7-4-2-3-5-9(7)15-11(13)10(8)16-12/h2-6H,1H3,(H2,13,15). The summed E-state index contributed by atoms with van der Waals surface area (Å²) >= 11 is 1.49. The van der Waals surface area contributed by atoms with E-state index in [1.807, 2.05) is 36.7 Å². The zero-order valence-corrected chi connectivity index (χ0v) is 10.0. The molecule has 0 atom stereocenters. The Morgan fingerprint density at radius 3 is 2.76 bits per heavy atom. The minimum Gasteiger partial charge on any atom is -0.382 e. The van der Waals surface area contributed by atoms with E-state index in [0.29, 0.717) is 11.0 Å². The molecule has 0 fully saturated rings. The molecule has 0 aliphatic rings. The Hall–Kier alpha value is -1.88. The van der Waals surface area contributed by atoms with Crippen molar-refractivity contribution in [3.63, 3.8) is 0 Å². The first-order chi connectivity index (χ1) is 8.29. The average molecular weight is 242 g/mol. The first-order valence-electron chi connectivity index (χ1n) is 5.14. The number of thioether (sulfide) groups is 1. The monoisotopic (exact) mass is 242 g/mol. The van der Waals surface area contributed by atoms with E-state index < -0.39 is 0 Å². The third-order valence-electron chi connectivity index (χ3n) is 2.63. The fourth-order valence-corrected chi connectivity index (χ4v) is 2.18. The number of rotatable bonds is 1. The van der Waals surface area contributed by atoms with Crippen LogP contribution in [0, 0.1) is 0 Å². The topological polar surface area (TPSA) is 64.7 Å². The smallest absolute Gasteiger partial charge is 0.187 e. The molecule has 0 aliphatic carbocycles. The van der Waals surface area contributed by atoms with Gasteiger partial charge in [-0.1, -0.05) is 30.0 Å². The van der Waals surface area contributed by atoms with Gasteiger partial charge in [-0.15, -0.1) is 0 Å². The number of hydrogen-bond acceptors (Lipinski definition) is 5. The molecule has 84 valence electrons. The maximum Gasteiger partial charge on any atom is 0.187 e. The summed E-state index contributed by atoms with van der Waals surface area (Å²) in [5.74, 6) is 0.455. The van der Waals surface area contributed by atoms with E-state index in [1.54, 1.807) is 0 Å². The summed E-state index contributed by atoms with van der Waals surface area (Å²) in [4.78, 5) is 13.1. The van der Waals surface area contributed by atoms with E-state index >= 15 is 0 Å². The maximum absolute atomic E-state index is 5.94. The van der Waals surface area contributed by atoms with Gasteiger partial charge in [-0.05, 0) is 12.3 Å². The number of nitrogen functional groups attached to an aromatic ring is 1. The fraction of sp³-hybridized carbons (Fsp3) is 0.0833. The SMILES string of the molecule is CSc1ncc2c(n1)c(N)nc1ccccc12. The van der Waals surface area contributed by atoms with Crippen molar-refractivity contribution >= 4 is 39.4 Å². The zero-order valence-electron chi connectivity index (χ0n) is 9.21. The Kier molecular flexibility index (Phi) is 2.33. The molecule has 0 unspecified atom stereocenters. The summed E-state index contributed by atoms with van der Waals surface area (Å²) in [6.45, 7) is 0. The summed E-state index contributed by atoms with van der Waals surface area (Å²) in [6, 6.07) is 7.86. The molecule has 2 N–H and O–H groups in total. The van der Waals surface area contributed by atoms with E-state index in [9.17, 15) is 0 Å². The maximum atomic E-state index is 5.94. The summed E-state index contributed by atoms with van der Waals surface area (Å²) in [5, 5.41) is 2.69. The predicted molar refractivity (Wildman–Crippen MR) is 71.0 cm³/mol. The van der Waals surface area contributed by atoms with Gasteiger partial charge in [0.15, 0.2) is 11.0 Å². The van der Waals surface area contributed by atoms with E-state index in [-0.39, 0.29) is 0 Å². The van der Waals surface area contributed by atoms with Crippen LogP contribution in [-0.2, 0) is 0 Å². The second-order valence-electron chi connectivity index (χ2n) is 3.63. The normalized spacial score (nSPS) is 11.1. The van der Waals surface area contributed by atoms with Crippen LogP contribution in [0.1, 0.15) is 0 Å². The van der Waals surface area contributed by atoms with Crippen LogP contribution in [-0.4, -0.2) is 21.2 Å². The molecule has 0 saturated carbocycles. The lowest BCUT2D eigenvalue weighted by Crippen LogP contribution is -1.97. The van der Waals surface area contributed by atoms with Crippen molar-refractivity contribution < 1.29 is 0 Å². The molecule has 0 amide bonds. The van der Waals surface area contributed by atoms with Gasteiger partial charge < -0.3 is 5.73 Å². The van der Waals surface area contributed by atoms with Gasteiger partial charge in [-0.25, -0.2) is 15.0 Å². The van der Waals surface area contributed by atoms with Gasteiger partial charge in [0.05, 0.1) is 5.52 Å². The van der Waals surface area contributed by atoms with Crippen molar-refractivity contribution in [3.05, 3.63) is 30.5 Å². The molecular weight excluding hydrogens is 232 g/mol.